The number of benzene rings is 10. The van der Waals surface area contributed by atoms with Crippen LogP contribution >= 0.6 is 0 Å². The van der Waals surface area contributed by atoms with Crippen LogP contribution < -0.4 is 0 Å². The van der Waals surface area contributed by atoms with Crippen molar-refractivity contribution < 1.29 is 4.42 Å². The first-order valence-corrected chi connectivity index (χ1v) is 20.3. The van der Waals surface area contributed by atoms with Crippen LogP contribution in [-0.2, 0) is 0 Å². The van der Waals surface area contributed by atoms with Crippen LogP contribution in [0.15, 0.2) is 199 Å². The molecule has 0 saturated carbocycles. The SMILES string of the molecule is c1ccc(-c2nc(-c3ccc4ccccc4c3)nc(-c3cc4ccccc4c4oc5cc(-n6c7cc8ccccc8cc7c7cc8ccccc8cc76)ccc5c34)n2)cc1. The lowest BCUT2D eigenvalue weighted by molar-refractivity contribution is 0.672. The van der Waals surface area contributed by atoms with Crippen molar-refractivity contribution in [3.63, 3.8) is 0 Å². The number of nitrogens with zero attached hydrogens (tertiary/aromatic N) is 4. The van der Waals surface area contributed by atoms with Gasteiger partial charge in [-0.3, -0.25) is 0 Å². The van der Waals surface area contributed by atoms with E-state index in [0.717, 1.165) is 71.5 Å². The average Bonchev–Trinajstić information content (AvgIpc) is 3.84. The Morgan fingerprint density at radius 3 is 1.58 bits per heavy atom. The quantitative estimate of drug-likeness (QED) is 0.179. The fraction of sp³-hybridized carbons (Fsp3) is 0. The van der Waals surface area contributed by atoms with Gasteiger partial charge < -0.3 is 8.98 Å². The third-order valence-electron chi connectivity index (χ3n) is 12.1. The molecule has 0 saturated heterocycles. The van der Waals surface area contributed by atoms with Gasteiger partial charge in [0, 0.05) is 55.4 Å². The van der Waals surface area contributed by atoms with Crippen molar-refractivity contribution in [1.82, 2.24) is 19.5 Å². The van der Waals surface area contributed by atoms with Crippen LogP contribution in [0.1, 0.15) is 0 Å². The van der Waals surface area contributed by atoms with Gasteiger partial charge in [0.2, 0.25) is 0 Å². The standard InChI is InChI=1S/C55H32N4O/c1-2-13-34(14-3-1)53-56-54(41-23-22-33-12-4-5-15-35(33)26-41)58-55(57-53)47-29-40-20-10-11-21-43(40)52-51(47)44-25-24-42(32-50(44)60-52)59-48-30-38-18-8-6-16-36(38)27-45(48)46-28-37-17-7-9-19-39(37)31-49(46)59/h1-32H. The van der Waals surface area contributed by atoms with E-state index in [2.05, 4.69) is 168 Å². The van der Waals surface area contributed by atoms with Crippen LogP contribution in [0.5, 0.6) is 0 Å². The van der Waals surface area contributed by atoms with Gasteiger partial charge in [-0.15, -0.1) is 0 Å². The summed E-state index contributed by atoms with van der Waals surface area (Å²) < 4.78 is 9.42. The summed E-state index contributed by atoms with van der Waals surface area (Å²) in [4.78, 5) is 15.5. The van der Waals surface area contributed by atoms with Crippen molar-refractivity contribution >= 4 is 86.8 Å². The Kier molecular flexibility index (Phi) is 6.95. The van der Waals surface area contributed by atoms with Crippen LogP contribution in [0, 0.1) is 0 Å². The fourth-order valence-electron chi connectivity index (χ4n) is 9.25. The van der Waals surface area contributed by atoms with Gasteiger partial charge in [0.15, 0.2) is 17.5 Å². The highest BCUT2D eigenvalue weighted by molar-refractivity contribution is 6.21. The third kappa shape index (κ3) is 5.03. The minimum Gasteiger partial charge on any atom is -0.455 e. The van der Waals surface area contributed by atoms with Gasteiger partial charge in [0.1, 0.15) is 11.2 Å². The van der Waals surface area contributed by atoms with E-state index in [-0.39, 0.29) is 0 Å². The zero-order chi connectivity index (χ0) is 39.3. The first-order valence-electron chi connectivity index (χ1n) is 20.3. The Balaban J connectivity index is 1.08. The summed E-state index contributed by atoms with van der Waals surface area (Å²) in [5, 5.41) is 13.7. The Morgan fingerprint density at radius 2 is 0.900 bits per heavy atom. The van der Waals surface area contributed by atoms with Crippen molar-refractivity contribution in [2.45, 2.75) is 0 Å². The summed E-state index contributed by atoms with van der Waals surface area (Å²) in [6, 6.07) is 68.7. The topological polar surface area (TPSA) is 56.7 Å². The average molecular weight is 765 g/mol. The van der Waals surface area contributed by atoms with Gasteiger partial charge in [-0.25, -0.2) is 15.0 Å². The van der Waals surface area contributed by atoms with Crippen molar-refractivity contribution in [3.8, 4) is 39.9 Å². The number of fused-ring (bicyclic) bond motifs is 11. The minimum atomic E-state index is 0.593. The molecule has 0 unspecified atom stereocenters. The maximum atomic E-state index is 7.02. The molecule has 3 heterocycles. The predicted molar refractivity (Wildman–Crippen MR) is 248 cm³/mol. The summed E-state index contributed by atoms with van der Waals surface area (Å²) >= 11 is 0. The molecule has 0 N–H and O–H groups in total. The van der Waals surface area contributed by atoms with E-state index < -0.39 is 0 Å². The van der Waals surface area contributed by atoms with Crippen LogP contribution in [0.3, 0.4) is 0 Å². The number of hydrogen-bond donors (Lipinski definition) is 0. The van der Waals surface area contributed by atoms with Gasteiger partial charge in [-0.05, 0) is 86.2 Å². The number of rotatable bonds is 4. The Labute approximate surface area is 343 Å². The molecule has 0 amide bonds. The highest BCUT2D eigenvalue weighted by atomic mass is 16.3. The van der Waals surface area contributed by atoms with Crippen LogP contribution in [0.4, 0.5) is 0 Å². The molecule has 0 radical (unpaired) electrons. The van der Waals surface area contributed by atoms with E-state index in [0.29, 0.717) is 17.5 Å². The molecule has 0 aliphatic carbocycles. The van der Waals surface area contributed by atoms with Crippen molar-refractivity contribution in [2.24, 2.45) is 0 Å². The molecular weight excluding hydrogens is 733 g/mol. The molecule has 13 rings (SSSR count). The smallest absolute Gasteiger partial charge is 0.164 e. The van der Waals surface area contributed by atoms with E-state index in [9.17, 15) is 0 Å². The van der Waals surface area contributed by atoms with Gasteiger partial charge >= 0.3 is 0 Å². The van der Waals surface area contributed by atoms with Gasteiger partial charge in [-0.2, -0.15) is 0 Å². The molecule has 5 nitrogen and oxygen atoms in total. The van der Waals surface area contributed by atoms with Crippen LogP contribution in [0.25, 0.3) is 127 Å². The van der Waals surface area contributed by atoms with E-state index in [4.69, 9.17) is 19.4 Å². The zero-order valence-corrected chi connectivity index (χ0v) is 32.2. The molecule has 5 heteroatoms. The molecule has 278 valence electrons. The highest BCUT2D eigenvalue weighted by Crippen LogP contribution is 2.43. The summed E-state index contributed by atoms with van der Waals surface area (Å²) in [6.45, 7) is 0. The molecule has 0 fully saturated rings. The maximum absolute atomic E-state index is 7.02. The summed E-state index contributed by atoms with van der Waals surface area (Å²) in [7, 11) is 0. The second kappa shape index (κ2) is 12.7. The van der Waals surface area contributed by atoms with Crippen LogP contribution in [-0.4, -0.2) is 19.5 Å². The first-order chi connectivity index (χ1) is 29.7. The maximum Gasteiger partial charge on any atom is 0.164 e. The van der Waals surface area contributed by atoms with Crippen molar-refractivity contribution in [2.75, 3.05) is 0 Å². The van der Waals surface area contributed by atoms with E-state index in [1.807, 2.05) is 30.3 Å². The predicted octanol–water partition coefficient (Wildman–Crippen LogP) is 14.5. The monoisotopic (exact) mass is 764 g/mol. The van der Waals surface area contributed by atoms with E-state index in [1.54, 1.807) is 0 Å². The second-order valence-corrected chi connectivity index (χ2v) is 15.6. The number of aromatic nitrogens is 4. The normalized spacial score (nSPS) is 12.0. The minimum absolute atomic E-state index is 0.593. The lowest BCUT2D eigenvalue weighted by Gasteiger charge is -2.11. The third-order valence-corrected chi connectivity index (χ3v) is 12.1. The molecule has 0 aliphatic heterocycles. The Hall–Kier alpha value is -8.15. The molecule has 0 atom stereocenters. The molecule has 0 spiro atoms. The largest absolute Gasteiger partial charge is 0.455 e. The molecule has 0 aliphatic rings. The van der Waals surface area contributed by atoms with Crippen molar-refractivity contribution in [3.05, 3.63) is 194 Å². The van der Waals surface area contributed by atoms with Crippen molar-refractivity contribution in [1.29, 1.82) is 0 Å². The van der Waals surface area contributed by atoms with Gasteiger partial charge in [-0.1, -0.05) is 140 Å². The van der Waals surface area contributed by atoms with Gasteiger partial charge in [0.05, 0.1) is 11.0 Å². The Morgan fingerprint density at radius 1 is 0.350 bits per heavy atom. The Bertz CT molecular complexity index is 3810. The lowest BCUT2D eigenvalue weighted by Crippen LogP contribution is -2.00. The van der Waals surface area contributed by atoms with Crippen LogP contribution in [0.2, 0.25) is 0 Å². The number of hydrogen-bond acceptors (Lipinski definition) is 4. The van der Waals surface area contributed by atoms with E-state index >= 15 is 0 Å². The molecule has 10 aromatic carbocycles. The number of furan rings is 1. The second-order valence-electron chi connectivity index (χ2n) is 15.6. The molecule has 0 bridgehead atoms. The molecular formula is C55H32N4O. The first kappa shape index (κ1) is 32.9. The van der Waals surface area contributed by atoms with Gasteiger partial charge in [0.25, 0.3) is 0 Å². The summed E-state index contributed by atoms with van der Waals surface area (Å²) in [5.41, 5.74) is 7.69. The highest BCUT2D eigenvalue weighted by Gasteiger charge is 2.22. The zero-order valence-electron chi connectivity index (χ0n) is 32.2. The van der Waals surface area contributed by atoms with E-state index in [1.165, 1.54) is 37.7 Å². The molecule has 60 heavy (non-hydrogen) atoms. The summed E-state index contributed by atoms with van der Waals surface area (Å²) in [6.07, 6.45) is 0. The summed E-state index contributed by atoms with van der Waals surface area (Å²) in [5.74, 6) is 1.83. The lowest BCUT2D eigenvalue weighted by atomic mass is 9.99. The molecule has 13 aromatic rings. The fourth-order valence-corrected chi connectivity index (χ4v) is 9.25. The molecule has 3 aromatic heterocycles.